The van der Waals surface area contributed by atoms with E-state index in [0.29, 0.717) is 17.3 Å². The molecule has 5 heteroatoms. The van der Waals surface area contributed by atoms with E-state index in [1.54, 1.807) is 6.07 Å². The van der Waals surface area contributed by atoms with Crippen molar-refractivity contribution < 1.29 is 4.42 Å². The van der Waals surface area contributed by atoms with Crippen molar-refractivity contribution in [3.63, 3.8) is 0 Å². The number of nitrogens with zero attached hydrogens (tertiary/aromatic N) is 1. The van der Waals surface area contributed by atoms with Gasteiger partial charge < -0.3 is 15.9 Å². The molecule has 1 aromatic carbocycles. The van der Waals surface area contributed by atoms with E-state index in [2.05, 4.69) is 4.98 Å². The molecule has 16 heavy (non-hydrogen) atoms. The highest BCUT2D eigenvalue weighted by Gasteiger charge is 2.11. The number of aryl methyl sites for hydroxylation is 1. The number of hydrogen-bond acceptors (Lipinski definition) is 4. The minimum absolute atomic E-state index is 0.164. The number of nitrogens with two attached hydrogens (primary N) is 2. The SMILES string of the molecule is Cc1oc(N)nc1-c1ccc(Cl)c(CN)c1. The lowest BCUT2D eigenvalue weighted by atomic mass is 10.1. The van der Waals surface area contributed by atoms with Gasteiger partial charge >= 0.3 is 0 Å². The molecule has 0 atom stereocenters. The molecule has 0 amide bonds. The maximum absolute atomic E-state index is 5.98. The van der Waals surface area contributed by atoms with E-state index in [9.17, 15) is 0 Å². The van der Waals surface area contributed by atoms with Gasteiger partial charge in [-0.15, -0.1) is 0 Å². The smallest absolute Gasteiger partial charge is 0.292 e. The van der Waals surface area contributed by atoms with Crippen molar-refractivity contribution in [1.29, 1.82) is 0 Å². The first kappa shape index (κ1) is 11.0. The van der Waals surface area contributed by atoms with Gasteiger partial charge in [0.2, 0.25) is 0 Å². The van der Waals surface area contributed by atoms with Crippen molar-refractivity contribution in [1.82, 2.24) is 4.98 Å². The normalized spacial score (nSPS) is 10.7. The van der Waals surface area contributed by atoms with Crippen molar-refractivity contribution in [2.75, 3.05) is 5.73 Å². The number of aromatic nitrogens is 1. The van der Waals surface area contributed by atoms with Crippen LogP contribution >= 0.6 is 11.6 Å². The van der Waals surface area contributed by atoms with Gasteiger partial charge in [0.15, 0.2) is 0 Å². The van der Waals surface area contributed by atoms with Crippen molar-refractivity contribution in [2.24, 2.45) is 5.73 Å². The van der Waals surface area contributed by atoms with Gasteiger partial charge in [0.05, 0.1) is 0 Å². The number of hydrogen-bond donors (Lipinski definition) is 2. The predicted octanol–water partition coefficient (Wildman–Crippen LogP) is 2.34. The first-order valence-corrected chi connectivity index (χ1v) is 5.21. The Bertz CT molecular complexity index is 522. The van der Waals surface area contributed by atoms with Gasteiger partial charge in [0.1, 0.15) is 11.5 Å². The van der Waals surface area contributed by atoms with Crippen LogP contribution in [0.2, 0.25) is 5.02 Å². The van der Waals surface area contributed by atoms with Gasteiger partial charge in [-0.2, -0.15) is 4.98 Å². The van der Waals surface area contributed by atoms with Crippen LogP contribution in [0.4, 0.5) is 6.01 Å². The number of nitrogen functional groups attached to an aromatic ring is 1. The fourth-order valence-corrected chi connectivity index (χ4v) is 1.76. The molecule has 0 aliphatic heterocycles. The van der Waals surface area contributed by atoms with Crippen LogP contribution in [0.1, 0.15) is 11.3 Å². The van der Waals surface area contributed by atoms with Gasteiger partial charge in [-0.1, -0.05) is 17.7 Å². The van der Waals surface area contributed by atoms with Crippen LogP contribution in [-0.2, 0) is 6.54 Å². The van der Waals surface area contributed by atoms with Gasteiger partial charge in [-0.05, 0) is 24.6 Å². The van der Waals surface area contributed by atoms with E-state index in [1.807, 2.05) is 19.1 Å². The first-order chi connectivity index (χ1) is 7.61. The summed E-state index contributed by atoms with van der Waals surface area (Å²) in [6.45, 7) is 2.20. The fourth-order valence-electron chi connectivity index (χ4n) is 1.56. The summed E-state index contributed by atoms with van der Waals surface area (Å²) in [6.07, 6.45) is 0. The number of benzene rings is 1. The maximum Gasteiger partial charge on any atom is 0.292 e. The topological polar surface area (TPSA) is 78.1 Å². The van der Waals surface area contributed by atoms with Gasteiger partial charge in [0, 0.05) is 17.1 Å². The van der Waals surface area contributed by atoms with E-state index >= 15 is 0 Å². The van der Waals surface area contributed by atoms with Crippen molar-refractivity contribution in [3.05, 3.63) is 34.5 Å². The molecule has 1 heterocycles. The third-order valence-electron chi connectivity index (χ3n) is 2.35. The van der Waals surface area contributed by atoms with E-state index in [0.717, 1.165) is 16.8 Å². The van der Waals surface area contributed by atoms with E-state index in [1.165, 1.54) is 0 Å². The second kappa shape index (κ2) is 4.15. The summed E-state index contributed by atoms with van der Waals surface area (Å²) in [5.74, 6) is 0.683. The highest BCUT2D eigenvalue weighted by Crippen LogP contribution is 2.27. The molecular weight excluding hydrogens is 226 g/mol. The Morgan fingerprint density at radius 1 is 1.44 bits per heavy atom. The molecule has 0 saturated heterocycles. The van der Waals surface area contributed by atoms with Gasteiger partial charge in [-0.25, -0.2) is 0 Å². The summed E-state index contributed by atoms with van der Waals surface area (Å²) in [7, 11) is 0. The van der Waals surface area contributed by atoms with Crippen LogP contribution in [0.25, 0.3) is 11.3 Å². The molecule has 4 nitrogen and oxygen atoms in total. The monoisotopic (exact) mass is 237 g/mol. The standard InChI is InChI=1S/C11H12ClN3O/c1-6-10(15-11(14)16-6)7-2-3-9(12)8(4-7)5-13/h2-4H,5,13H2,1H3,(H2,14,15). The average molecular weight is 238 g/mol. The zero-order valence-electron chi connectivity index (χ0n) is 8.83. The molecule has 0 fully saturated rings. The maximum atomic E-state index is 5.98. The molecular formula is C11H12ClN3O. The lowest BCUT2D eigenvalue weighted by Crippen LogP contribution is -1.97. The third kappa shape index (κ3) is 1.89. The summed E-state index contributed by atoms with van der Waals surface area (Å²) in [4.78, 5) is 4.11. The third-order valence-corrected chi connectivity index (χ3v) is 2.72. The molecule has 2 aromatic rings. The Kier molecular flexibility index (Phi) is 2.85. The molecule has 0 saturated carbocycles. The van der Waals surface area contributed by atoms with Gasteiger partial charge in [0.25, 0.3) is 6.01 Å². The zero-order chi connectivity index (χ0) is 11.7. The minimum Gasteiger partial charge on any atom is -0.429 e. The molecule has 4 N–H and O–H groups in total. The van der Waals surface area contributed by atoms with Gasteiger partial charge in [-0.3, -0.25) is 0 Å². The predicted molar refractivity (Wildman–Crippen MR) is 64.0 cm³/mol. The summed E-state index contributed by atoms with van der Waals surface area (Å²) < 4.78 is 5.18. The van der Waals surface area contributed by atoms with Crippen LogP contribution in [0.15, 0.2) is 22.6 Å². The van der Waals surface area contributed by atoms with Crippen LogP contribution < -0.4 is 11.5 Å². The van der Waals surface area contributed by atoms with Crippen LogP contribution in [0, 0.1) is 6.92 Å². The minimum atomic E-state index is 0.164. The number of rotatable bonds is 2. The Balaban J connectivity index is 2.52. The highest BCUT2D eigenvalue weighted by molar-refractivity contribution is 6.31. The first-order valence-electron chi connectivity index (χ1n) is 4.83. The lowest BCUT2D eigenvalue weighted by molar-refractivity contribution is 0.549. The summed E-state index contributed by atoms with van der Waals surface area (Å²) in [6, 6.07) is 5.72. The molecule has 0 aliphatic carbocycles. The summed E-state index contributed by atoms with van der Waals surface area (Å²) in [5.41, 5.74) is 13.6. The molecule has 1 aromatic heterocycles. The van der Waals surface area contributed by atoms with Crippen LogP contribution in [0.5, 0.6) is 0 Å². The number of halogens is 1. The molecule has 0 spiro atoms. The fraction of sp³-hybridized carbons (Fsp3) is 0.182. The zero-order valence-corrected chi connectivity index (χ0v) is 9.58. The van der Waals surface area contributed by atoms with Crippen molar-refractivity contribution in [3.8, 4) is 11.3 Å². The van der Waals surface area contributed by atoms with E-state index in [4.69, 9.17) is 27.5 Å². The highest BCUT2D eigenvalue weighted by atomic mass is 35.5. The van der Waals surface area contributed by atoms with Crippen molar-refractivity contribution in [2.45, 2.75) is 13.5 Å². The molecule has 0 radical (unpaired) electrons. The Morgan fingerprint density at radius 2 is 2.19 bits per heavy atom. The molecule has 84 valence electrons. The van der Waals surface area contributed by atoms with E-state index < -0.39 is 0 Å². The second-order valence-electron chi connectivity index (χ2n) is 3.47. The Hall–Kier alpha value is -1.52. The largest absolute Gasteiger partial charge is 0.429 e. The molecule has 2 rings (SSSR count). The molecule has 0 unspecified atom stereocenters. The average Bonchev–Trinajstić information content (AvgIpc) is 2.59. The molecule has 0 bridgehead atoms. The number of anilines is 1. The van der Waals surface area contributed by atoms with E-state index in [-0.39, 0.29) is 6.01 Å². The van der Waals surface area contributed by atoms with Crippen LogP contribution in [-0.4, -0.2) is 4.98 Å². The quantitative estimate of drug-likeness (QED) is 0.840. The summed E-state index contributed by atoms with van der Waals surface area (Å²) >= 11 is 5.98. The Labute approximate surface area is 98.2 Å². The second-order valence-corrected chi connectivity index (χ2v) is 3.87. The summed E-state index contributed by atoms with van der Waals surface area (Å²) in [5, 5.41) is 0.653. The van der Waals surface area contributed by atoms with Crippen molar-refractivity contribution >= 4 is 17.6 Å². The Morgan fingerprint density at radius 3 is 2.75 bits per heavy atom. The van der Waals surface area contributed by atoms with Crippen LogP contribution in [0.3, 0.4) is 0 Å². The number of oxazole rings is 1. The lowest BCUT2D eigenvalue weighted by Gasteiger charge is -2.03. The molecule has 0 aliphatic rings.